The second-order valence-corrected chi connectivity index (χ2v) is 4.54. The summed E-state index contributed by atoms with van der Waals surface area (Å²) in [6, 6.07) is 6.40. The number of hydrogen-bond donors (Lipinski definition) is 3. The van der Waals surface area contributed by atoms with Gasteiger partial charge in [0.25, 0.3) is 0 Å². The second kappa shape index (κ2) is 7.10. The highest BCUT2D eigenvalue weighted by Crippen LogP contribution is 2.23. The molecule has 2 unspecified atom stereocenters. The zero-order chi connectivity index (χ0) is 14.4. The van der Waals surface area contributed by atoms with Crippen molar-refractivity contribution in [2.24, 2.45) is 0 Å². The van der Waals surface area contributed by atoms with Crippen molar-refractivity contribution in [2.45, 2.75) is 25.6 Å². The summed E-state index contributed by atoms with van der Waals surface area (Å²) in [5.41, 5.74) is 0.656. The van der Waals surface area contributed by atoms with Crippen molar-refractivity contribution in [3.8, 4) is 6.07 Å². The minimum absolute atomic E-state index is 0.194. The molecule has 19 heavy (non-hydrogen) atoms. The van der Waals surface area contributed by atoms with Gasteiger partial charge in [-0.3, -0.25) is 4.79 Å². The molecule has 1 amide bonds. The number of amides is 1. The molecule has 0 heterocycles. The average molecular weight is 283 g/mol. The summed E-state index contributed by atoms with van der Waals surface area (Å²) in [7, 11) is 0. The summed E-state index contributed by atoms with van der Waals surface area (Å²) in [5.74, 6) is -0.194. The van der Waals surface area contributed by atoms with Crippen LogP contribution in [0.3, 0.4) is 0 Å². The van der Waals surface area contributed by atoms with Crippen LogP contribution < -0.4 is 5.32 Å². The number of benzene rings is 1. The summed E-state index contributed by atoms with van der Waals surface area (Å²) in [5, 5.41) is 31.4. The number of carbonyl (C=O) groups excluding carboxylic acids is 1. The number of aliphatic hydroxyl groups excluding tert-OH is 2. The molecule has 0 radical (unpaired) electrons. The minimum atomic E-state index is -1.13. The SMILES string of the molecule is CC(=O)NCCC(O)C(O)c1ccc(Cl)c(C#N)c1. The Bertz CT molecular complexity index is 499. The minimum Gasteiger partial charge on any atom is -0.390 e. The molecule has 1 aromatic carbocycles. The van der Waals surface area contributed by atoms with Crippen LogP contribution in [0.4, 0.5) is 0 Å². The average Bonchev–Trinajstić information content (AvgIpc) is 2.38. The third-order valence-corrected chi connectivity index (χ3v) is 2.96. The van der Waals surface area contributed by atoms with Crippen molar-refractivity contribution in [2.75, 3.05) is 6.54 Å². The first-order valence-corrected chi connectivity index (χ1v) is 6.13. The molecule has 6 heteroatoms. The van der Waals surface area contributed by atoms with E-state index in [1.807, 2.05) is 6.07 Å². The van der Waals surface area contributed by atoms with Gasteiger partial charge in [0.05, 0.1) is 16.7 Å². The lowest BCUT2D eigenvalue weighted by molar-refractivity contribution is -0.119. The molecule has 0 spiro atoms. The Labute approximate surface area is 116 Å². The summed E-state index contributed by atoms with van der Waals surface area (Å²) in [6.45, 7) is 1.65. The molecule has 0 fully saturated rings. The quantitative estimate of drug-likeness (QED) is 0.755. The number of hydrogen-bond acceptors (Lipinski definition) is 4. The van der Waals surface area contributed by atoms with Crippen LogP contribution in [-0.2, 0) is 4.79 Å². The topological polar surface area (TPSA) is 93.3 Å². The number of nitriles is 1. The fourth-order valence-electron chi connectivity index (χ4n) is 1.59. The number of nitrogens with zero attached hydrogens (tertiary/aromatic N) is 1. The van der Waals surface area contributed by atoms with Crippen LogP contribution in [-0.4, -0.2) is 28.8 Å². The first kappa shape index (κ1) is 15.4. The fraction of sp³-hybridized carbons (Fsp3) is 0.385. The van der Waals surface area contributed by atoms with E-state index in [-0.39, 0.29) is 24.4 Å². The summed E-state index contributed by atoms with van der Waals surface area (Å²) < 4.78 is 0. The Morgan fingerprint density at radius 1 is 1.53 bits per heavy atom. The standard InChI is InChI=1S/C13H15ClN2O3/c1-8(17)16-5-4-12(18)13(19)9-2-3-11(14)10(6-9)7-15/h2-3,6,12-13,18-19H,4-5H2,1H3,(H,16,17). The highest BCUT2D eigenvalue weighted by molar-refractivity contribution is 6.31. The Morgan fingerprint density at radius 3 is 2.79 bits per heavy atom. The Hall–Kier alpha value is -1.61. The molecule has 3 N–H and O–H groups in total. The van der Waals surface area contributed by atoms with Crippen LogP contribution in [0, 0.1) is 11.3 Å². The third-order valence-electron chi connectivity index (χ3n) is 2.63. The zero-order valence-electron chi connectivity index (χ0n) is 10.4. The van der Waals surface area contributed by atoms with Gasteiger partial charge in [0.2, 0.25) is 5.91 Å². The molecule has 0 aliphatic carbocycles. The van der Waals surface area contributed by atoms with E-state index in [0.29, 0.717) is 10.6 Å². The molecule has 0 bridgehead atoms. The molecule has 0 saturated carbocycles. The molecule has 2 atom stereocenters. The zero-order valence-corrected chi connectivity index (χ0v) is 11.2. The Balaban J connectivity index is 2.69. The molecule has 0 aliphatic rings. The number of rotatable bonds is 5. The lowest BCUT2D eigenvalue weighted by Gasteiger charge is -2.18. The van der Waals surface area contributed by atoms with E-state index in [0.717, 1.165) is 0 Å². The van der Waals surface area contributed by atoms with Crippen molar-refractivity contribution < 1.29 is 15.0 Å². The first-order chi connectivity index (χ1) is 8.95. The molecule has 5 nitrogen and oxygen atoms in total. The van der Waals surface area contributed by atoms with Crippen LogP contribution >= 0.6 is 11.6 Å². The van der Waals surface area contributed by atoms with Crippen LogP contribution in [0.5, 0.6) is 0 Å². The van der Waals surface area contributed by atoms with E-state index in [1.165, 1.54) is 19.1 Å². The highest BCUT2D eigenvalue weighted by atomic mass is 35.5. The molecule has 0 aliphatic heterocycles. The van der Waals surface area contributed by atoms with Gasteiger partial charge in [-0.15, -0.1) is 0 Å². The lowest BCUT2D eigenvalue weighted by Crippen LogP contribution is -2.27. The molecule has 0 aromatic heterocycles. The maximum absolute atomic E-state index is 10.7. The number of carbonyl (C=O) groups is 1. The van der Waals surface area contributed by atoms with E-state index in [9.17, 15) is 15.0 Å². The van der Waals surface area contributed by atoms with Crippen LogP contribution in [0.15, 0.2) is 18.2 Å². The van der Waals surface area contributed by atoms with Gasteiger partial charge in [0.1, 0.15) is 12.2 Å². The Morgan fingerprint density at radius 2 is 2.21 bits per heavy atom. The maximum Gasteiger partial charge on any atom is 0.216 e. The molecular formula is C13H15ClN2O3. The smallest absolute Gasteiger partial charge is 0.216 e. The van der Waals surface area contributed by atoms with Gasteiger partial charge in [-0.2, -0.15) is 5.26 Å². The van der Waals surface area contributed by atoms with Crippen LogP contribution in [0.1, 0.15) is 30.6 Å². The van der Waals surface area contributed by atoms with E-state index >= 15 is 0 Å². The number of halogens is 1. The molecule has 1 aromatic rings. The maximum atomic E-state index is 10.7. The van der Waals surface area contributed by atoms with Gasteiger partial charge in [-0.1, -0.05) is 17.7 Å². The largest absolute Gasteiger partial charge is 0.390 e. The molecule has 102 valence electrons. The van der Waals surface area contributed by atoms with Crippen molar-refractivity contribution in [1.82, 2.24) is 5.32 Å². The predicted molar refractivity (Wildman–Crippen MR) is 70.4 cm³/mol. The van der Waals surface area contributed by atoms with E-state index in [1.54, 1.807) is 6.07 Å². The summed E-state index contributed by atoms with van der Waals surface area (Å²) in [4.78, 5) is 10.7. The monoisotopic (exact) mass is 282 g/mol. The molecule has 1 rings (SSSR count). The highest BCUT2D eigenvalue weighted by Gasteiger charge is 2.19. The lowest BCUT2D eigenvalue weighted by atomic mass is 10.0. The summed E-state index contributed by atoms with van der Waals surface area (Å²) in [6.07, 6.45) is -1.94. The van der Waals surface area contributed by atoms with Crippen molar-refractivity contribution in [1.29, 1.82) is 5.26 Å². The van der Waals surface area contributed by atoms with Crippen LogP contribution in [0.25, 0.3) is 0 Å². The van der Waals surface area contributed by atoms with E-state index in [2.05, 4.69) is 5.32 Å². The first-order valence-electron chi connectivity index (χ1n) is 5.75. The van der Waals surface area contributed by atoms with E-state index in [4.69, 9.17) is 16.9 Å². The predicted octanol–water partition coefficient (Wildman–Crippen LogP) is 1.13. The molecule has 0 saturated heterocycles. The van der Waals surface area contributed by atoms with Gasteiger partial charge in [-0.05, 0) is 24.1 Å². The Kier molecular flexibility index (Phi) is 5.77. The van der Waals surface area contributed by atoms with Crippen LogP contribution in [0.2, 0.25) is 5.02 Å². The van der Waals surface area contributed by atoms with E-state index < -0.39 is 12.2 Å². The van der Waals surface area contributed by atoms with Gasteiger partial charge in [0, 0.05) is 13.5 Å². The van der Waals surface area contributed by atoms with Gasteiger partial charge in [-0.25, -0.2) is 0 Å². The van der Waals surface area contributed by atoms with Gasteiger partial charge in [0.15, 0.2) is 0 Å². The second-order valence-electron chi connectivity index (χ2n) is 4.13. The molecular weight excluding hydrogens is 268 g/mol. The van der Waals surface area contributed by atoms with Crippen molar-refractivity contribution in [3.05, 3.63) is 34.3 Å². The normalized spacial score (nSPS) is 13.4. The van der Waals surface area contributed by atoms with Gasteiger partial charge < -0.3 is 15.5 Å². The third kappa shape index (κ3) is 4.52. The number of nitrogens with one attached hydrogen (secondary N) is 1. The summed E-state index contributed by atoms with van der Waals surface area (Å²) >= 11 is 5.78. The van der Waals surface area contributed by atoms with Crippen molar-refractivity contribution >= 4 is 17.5 Å². The fourth-order valence-corrected chi connectivity index (χ4v) is 1.75. The van der Waals surface area contributed by atoms with Gasteiger partial charge >= 0.3 is 0 Å². The van der Waals surface area contributed by atoms with Crippen molar-refractivity contribution in [3.63, 3.8) is 0 Å². The number of aliphatic hydroxyl groups is 2.